The third kappa shape index (κ3) is 4.55. The number of aryl methyl sites for hydroxylation is 2. The molecule has 1 unspecified atom stereocenters. The number of anilines is 1. The number of hydrogen-bond acceptors (Lipinski definition) is 5. The molecule has 0 bridgehead atoms. The Hall–Kier alpha value is -2.97. The van der Waals surface area contributed by atoms with Crippen molar-refractivity contribution >= 4 is 44.9 Å². The average Bonchev–Trinajstić information content (AvgIpc) is 3.15. The molecule has 0 saturated carbocycles. The monoisotopic (exact) mass is 453 g/mol. The van der Waals surface area contributed by atoms with Gasteiger partial charge < -0.3 is 10.3 Å². The first-order chi connectivity index (χ1) is 14.8. The lowest BCUT2D eigenvalue weighted by Gasteiger charge is -2.13. The number of nitrogens with zero attached hydrogens (tertiary/aromatic N) is 1. The molecule has 8 heteroatoms. The molecule has 2 aromatic heterocycles. The molecule has 158 valence electrons. The highest BCUT2D eigenvalue weighted by Gasteiger charge is 2.19. The number of thiophene rings is 1. The third-order valence-corrected chi connectivity index (χ3v) is 6.73. The van der Waals surface area contributed by atoms with Crippen LogP contribution in [0.25, 0.3) is 21.3 Å². The standard InChI is InChI=1S/C23H20FN3O2S2/c1-12-4-9-18(13(2)10-12)25-20(28)14(3)31-23-26-21(29)19-17(11-30-22(19)27-23)15-5-7-16(24)8-6-15/h4-11,14H,1-3H3,(H,25,28)(H,26,27,29). The summed E-state index contributed by atoms with van der Waals surface area (Å²) in [6.07, 6.45) is 0. The lowest BCUT2D eigenvalue weighted by atomic mass is 10.1. The van der Waals surface area contributed by atoms with Crippen molar-refractivity contribution in [2.75, 3.05) is 5.32 Å². The van der Waals surface area contributed by atoms with Gasteiger partial charge in [0, 0.05) is 16.6 Å². The van der Waals surface area contributed by atoms with Crippen molar-refractivity contribution in [1.29, 1.82) is 0 Å². The molecule has 31 heavy (non-hydrogen) atoms. The minimum Gasteiger partial charge on any atom is -0.325 e. The Morgan fingerprint density at radius 1 is 1.19 bits per heavy atom. The molecule has 0 radical (unpaired) electrons. The lowest BCUT2D eigenvalue weighted by molar-refractivity contribution is -0.115. The number of hydrogen-bond donors (Lipinski definition) is 2. The zero-order chi connectivity index (χ0) is 22.1. The number of H-pyrrole nitrogens is 1. The number of thioether (sulfide) groups is 1. The molecule has 4 rings (SSSR count). The number of halogens is 1. The highest BCUT2D eigenvalue weighted by atomic mass is 32.2. The zero-order valence-corrected chi connectivity index (χ0v) is 18.8. The lowest BCUT2D eigenvalue weighted by Crippen LogP contribution is -2.23. The van der Waals surface area contributed by atoms with E-state index in [9.17, 15) is 14.0 Å². The molecular weight excluding hydrogens is 433 g/mol. The maximum atomic E-state index is 13.2. The van der Waals surface area contributed by atoms with E-state index in [-0.39, 0.29) is 17.3 Å². The Bertz CT molecular complexity index is 1330. The van der Waals surface area contributed by atoms with Crippen molar-refractivity contribution in [3.63, 3.8) is 0 Å². The predicted molar refractivity (Wildman–Crippen MR) is 125 cm³/mol. The van der Waals surface area contributed by atoms with Gasteiger partial charge in [0.05, 0.1) is 10.6 Å². The van der Waals surface area contributed by atoms with Crippen LogP contribution in [0.5, 0.6) is 0 Å². The smallest absolute Gasteiger partial charge is 0.260 e. The highest BCUT2D eigenvalue weighted by molar-refractivity contribution is 8.00. The van der Waals surface area contributed by atoms with E-state index >= 15 is 0 Å². The molecule has 5 nitrogen and oxygen atoms in total. The van der Waals surface area contributed by atoms with Crippen molar-refractivity contribution in [2.45, 2.75) is 31.2 Å². The van der Waals surface area contributed by atoms with Gasteiger partial charge in [-0.05, 0) is 50.1 Å². The fourth-order valence-electron chi connectivity index (χ4n) is 3.24. The number of amides is 1. The quantitative estimate of drug-likeness (QED) is 0.308. The molecule has 0 spiro atoms. The van der Waals surface area contributed by atoms with Gasteiger partial charge in [0.25, 0.3) is 5.56 Å². The number of fused-ring (bicyclic) bond motifs is 1. The van der Waals surface area contributed by atoms with Gasteiger partial charge in [-0.3, -0.25) is 9.59 Å². The minimum absolute atomic E-state index is 0.169. The van der Waals surface area contributed by atoms with E-state index in [4.69, 9.17) is 0 Å². The van der Waals surface area contributed by atoms with Crippen LogP contribution >= 0.6 is 23.1 Å². The number of carbonyl (C=O) groups is 1. The molecule has 0 aliphatic rings. The van der Waals surface area contributed by atoms with Crippen molar-refractivity contribution in [2.24, 2.45) is 0 Å². The summed E-state index contributed by atoms with van der Waals surface area (Å²) in [6, 6.07) is 11.8. The third-order valence-electron chi connectivity index (χ3n) is 4.87. The summed E-state index contributed by atoms with van der Waals surface area (Å²) in [4.78, 5) is 33.3. The summed E-state index contributed by atoms with van der Waals surface area (Å²) >= 11 is 2.54. The second-order valence-corrected chi connectivity index (χ2v) is 9.46. The number of carbonyl (C=O) groups excluding carboxylic acids is 1. The summed E-state index contributed by atoms with van der Waals surface area (Å²) in [5, 5.41) is 5.16. The van der Waals surface area contributed by atoms with Gasteiger partial charge in [-0.15, -0.1) is 11.3 Å². The van der Waals surface area contributed by atoms with Crippen molar-refractivity contribution < 1.29 is 9.18 Å². The Balaban J connectivity index is 1.55. The Morgan fingerprint density at radius 3 is 2.65 bits per heavy atom. The molecule has 0 fully saturated rings. The van der Waals surface area contributed by atoms with Crippen LogP contribution in [0.15, 0.2) is 57.8 Å². The van der Waals surface area contributed by atoms with Gasteiger partial charge in [-0.2, -0.15) is 0 Å². The van der Waals surface area contributed by atoms with E-state index < -0.39 is 5.25 Å². The van der Waals surface area contributed by atoms with Gasteiger partial charge in [-0.25, -0.2) is 9.37 Å². The highest BCUT2D eigenvalue weighted by Crippen LogP contribution is 2.32. The van der Waals surface area contributed by atoms with E-state index in [1.165, 1.54) is 35.2 Å². The summed E-state index contributed by atoms with van der Waals surface area (Å²) in [5.74, 6) is -0.500. The van der Waals surface area contributed by atoms with Crippen LogP contribution < -0.4 is 10.9 Å². The van der Waals surface area contributed by atoms with E-state index in [1.54, 1.807) is 19.1 Å². The van der Waals surface area contributed by atoms with Crippen LogP contribution in [0.2, 0.25) is 0 Å². The molecular formula is C23H20FN3O2S2. The largest absolute Gasteiger partial charge is 0.325 e. The first-order valence-corrected chi connectivity index (χ1v) is 11.4. The fourth-order valence-corrected chi connectivity index (χ4v) is 5.04. The van der Waals surface area contributed by atoms with E-state index in [2.05, 4.69) is 15.3 Å². The zero-order valence-electron chi connectivity index (χ0n) is 17.2. The number of aromatic amines is 1. The van der Waals surface area contributed by atoms with Crippen LogP contribution in [0.1, 0.15) is 18.1 Å². The summed E-state index contributed by atoms with van der Waals surface area (Å²) < 4.78 is 13.2. The topological polar surface area (TPSA) is 74.8 Å². The van der Waals surface area contributed by atoms with Crippen LogP contribution in [-0.4, -0.2) is 21.1 Å². The van der Waals surface area contributed by atoms with Crippen LogP contribution in [0.4, 0.5) is 10.1 Å². The van der Waals surface area contributed by atoms with Gasteiger partial charge in [-0.1, -0.05) is 41.6 Å². The average molecular weight is 454 g/mol. The maximum Gasteiger partial charge on any atom is 0.260 e. The first kappa shape index (κ1) is 21.3. The first-order valence-electron chi connectivity index (χ1n) is 9.64. The van der Waals surface area contributed by atoms with E-state index in [1.807, 2.05) is 37.4 Å². The molecule has 1 amide bonds. The Morgan fingerprint density at radius 2 is 1.94 bits per heavy atom. The van der Waals surface area contributed by atoms with Crippen molar-refractivity contribution in [1.82, 2.24) is 9.97 Å². The van der Waals surface area contributed by atoms with Crippen LogP contribution in [0, 0.1) is 19.7 Å². The maximum absolute atomic E-state index is 13.2. The summed E-state index contributed by atoms with van der Waals surface area (Å²) in [6.45, 7) is 5.72. The number of benzene rings is 2. The molecule has 2 aromatic carbocycles. The summed E-state index contributed by atoms with van der Waals surface area (Å²) in [5.41, 5.74) is 4.07. The number of rotatable bonds is 5. The Kier molecular flexibility index (Phi) is 5.93. The van der Waals surface area contributed by atoms with Crippen LogP contribution in [0.3, 0.4) is 0 Å². The Labute approximate surface area is 186 Å². The van der Waals surface area contributed by atoms with Gasteiger partial charge in [0.2, 0.25) is 5.91 Å². The number of aromatic nitrogens is 2. The molecule has 2 N–H and O–H groups in total. The molecule has 0 saturated heterocycles. The fraction of sp³-hybridized carbons (Fsp3) is 0.174. The predicted octanol–water partition coefficient (Wildman–Crippen LogP) is 5.53. The van der Waals surface area contributed by atoms with Crippen molar-refractivity contribution in [3.05, 3.63) is 75.1 Å². The van der Waals surface area contributed by atoms with E-state index in [0.717, 1.165) is 22.4 Å². The van der Waals surface area contributed by atoms with E-state index in [0.29, 0.717) is 20.9 Å². The molecule has 0 aliphatic carbocycles. The van der Waals surface area contributed by atoms with Crippen LogP contribution in [-0.2, 0) is 4.79 Å². The minimum atomic E-state index is -0.460. The normalized spacial score (nSPS) is 12.1. The second kappa shape index (κ2) is 8.64. The molecule has 2 heterocycles. The molecule has 0 aliphatic heterocycles. The van der Waals surface area contributed by atoms with Crippen molar-refractivity contribution in [3.8, 4) is 11.1 Å². The summed E-state index contributed by atoms with van der Waals surface area (Å²) in [7, 11) is 0. The second-order valence-electron chi connectivity index (χ2n) is 7.28. The van der Waals surface area contributed by atoms with Gasteiger partial charge >= 0.3 is 0 Å². The molecule has 1 atom stereocenters. The molecule has 4 aromatic rings. The van der Waals surface area contributed by atoms with Gasteiger partial charge in [0.15, 0.2) is 5.16 Å². The SMILES string of the molecule is Cc1ccc(NC(=O)C(C)Sc2nc3scc(-c4ccc(F)cc4)c3c(=O)[nH]2)c(C)c1. The number of nitrogens with one attached hydrogen (secondary N) is 2. The van der Waals surface area contributed by atoms with Gasteiger partial charge in [0.1, 0.15) is 10.6 Å².